The number of carbonyl (C=O) groups is 8. The van der Waals surface area contributed by atoms with Crippen molar-refractivity contribution in [3.05, 3.63) is 0 Å². The van der Waals surface area contributed by atoms with Crippen LogP contribution in [0.5, 0.6) is 0 Å². The van der Waals surface area contributed by atoms with Crippen LogP contribution >= 0.6 is 0 Å². The Morgan fingerprint density at radius 1 is 0.585 bits per heavy atom. The van der Waals surface area contributed by atoms with Crippen LogP contribution in [0.4, 0.5) is 0 Å². The minimum atomic E-state index is -2.05. The molecule has 2 aliphatic heterocycles. The fraction of sp³-hybridized carbons (Fsp3) is 0.680. The van der Waals surface area contributed by atoms with Crippen LogP contribution < -0.4 is 42.5 Å². The van der Waals surface area contributed by atoms with E-state index in [9.17, 15) is 38.4 Å². The maximum Gasteiger partial charge on any atom is 0.242 e. The third-order valence-corrected chi connectivity index (χ3v) is 6.45. The number of hydrogen-bond acceptors (Lipinski definition) is 8. The Labute approximate surface area is 237 Å². The Balaban J connectivity index is 2.31. The van der Waals surface area contributed by atoms with Gasteiger partial charge >= 0.3 is 0 Å². The SMILES string of the molecule is CC(C)CC1NC(=O)CCNC(=O)C2(CNC(=O)CCNC(=O)CNC(=O)CCNC2=O)CNC(=O)CCNC1=O. The summed E-state index contributed by atoms with van der Waals surface area (Å²) in [7, 11) is 0. The van der Waals surface area contributed by atoms with E-state index in [2.05, 4.69) is 42.5 Å². The van der Waals surface area contributed by atoms with Crippen LogP contribution in [0.15, 0.2) is 0 Å². The van der Waals surface area contributed by atoms with E-state index in [1.165, 1.54) is 0 Å². The van der Waals surface area contributed by atoms with Gasteiger partial charge in [0.1, 0.15) is 6.04 Å². The lowest BCUT2D eigenvalue weighted by atomic mass is 9.84. The monoisotopic (exact) mass is 580 g/mol. The molecule has 2 atom stereocenters. The van der Waals surface area contributed by atoms with Gasteiger partial charge in [0, 0.05) is 65.0 Å². The molecular formula is C25H40N8O8. The van der Waals surface area contributed by atoms with Gasteiger partial charge in [0.2, 0.25) is 47.3 Å². The molecule has 8 amide bonds. The lowest BCUT2D eigenvalue weighted by molar-refractivity contribution is -0.143. The molecule has 1 spiro atoms. The van der Waals surface area contributed by atoms with Crippen molar-refractivity contribution in [2.45, 2.75) is 52.0 Å². The zero-order valence-corrected chi connectivity index (χ0v) is 23.4. The van der Waals surface area contributed by atoms with Crippen LogP contribution in [0.1, 0.15) is 46.0 Å². The van der Waals surface area contributed by atoms with Crippen molar-refractivity contribution in [1.29, 1.82) is 0 Å². The van der Waals surface area contributed by atoms with Crippen molar-refractivity contribution >= 4 is 47.3 Å². The predicted octanol–water partition coefficient (Wildman–Crippen LogP) is -4.10. The van der Waals surface area contributed by atoms with E-state index in [-0.39, 0.29) is 64.3 Å². The number of rotatable bonds is 2. The second-order valence-corrected chi connectivity index (χ2v) is 10.3. The van der Waals surface area contributed by atoms with Gasteiger partial charge in [-0.15, -0.1) is 0 Å². The lowest BCUT2D eigenvalue weighted by Gasteiger charge is -2.31. The van der Waals surface area contributed by atoms with E-state index < -0.39 is 71.8 Å². The predicted molar refractivity (Wildman–Crippen MR) is 143 cm³/mol. The summed E-state index contributed by atoms with van der Waals surface area (Å²) in [5, 5.41) is 20.2. The van der Waals surface area contributed by atoms with Crippen LogP contribution in [-0.4, -0.2) is 99.1 Å². The molecular weight excluding hydrogens is 540 g/mol. The molecule has 41 heavy (non-hydrogen) atoms. The van der Waals surface area contributed by atoms with Crippen molar-refractivity contribution in [3.8, 4) is 0 Å². The Kier molecular flexibility index (Phi) is 13.0. The van der Waals surface area contributed by atoms with Crippen LogP contribution in [0, 0.1) is 11.3 Å². The average molecular weight is 581 g/mol. The van der Waals surface area contributed by atoms with Crippen molar-refractivity contribution in [2.24, 2.45) is 11.3 Å². The van der Waals surface area contributed by atoms with E-state index in [1.54, 1.807) is 0 Å². The van der Waals surface area contributed by atoms with E-state index in [0.717, 1.165) is 0 Å². The zero-order chi connectivity index (χ0) is 30.4. The van der Waals surface area contributed by atoms with E-state index in [0.29, 0.717) is 6.42 Å². The van der Waals surface area contributed by atoms with Crippen LogP contribution in [0.25, 0.3) is 0 Å². The van der Waals surface area contributed by atoms with Crippen LogP contribution in [0.3, 0.4) is 0 Å². The molecule has 2 rings (SSSR count). The second-order valence-electron chi connectivity index (χ2n) is 10.3. The number of nitrogens with one attached hydrogen (secondary N) is 8. The third-order valence-electron chi connectivity index (χ3n) is 6.45. The van der Waals surface area contributed by atoms with Gasteiger partial charge < -0.3 is 42.5 Å². The Morgan fingerprint density at radius 2 is 1.05 bits per heavy atom. The summed E-state index contributed by atoms with van der Waals surface area (Å²) in [4.78, 5) is 101. The second kappa shape index (κ2) is 16.1. The average Bonchev–Trinajstić information content (AvgIpc) is 2.90. The highest BCUT2D eigenvalue weighted by molar-refractivity contribution is 6.06. The molecule has 0 aromatic heterocycles. The van der Waals surface area contributed by atoms with Crippen LogP contribution in [0.2, 0.25) is 0 Å². The molecule has 0 aromatic carbocycles. The molecule has 228 valence electrons. The summed E-state index contributed by atoms with van der Waals surface area (Å²) < 4.78 is 0. The molecule has 16 nitrogen and oxygen atoms in total. The number of carbonyl (C=O) groups excluding carboxylic acids is 8. The quantitative estimate of drug-likeness (QED) is 0.149. The third kappa shape index (κ3) is 11.0. The maximum absolute atomic E-state index is 13.5. The van der Waals surface area contributed by atoms with Gasteiger partial charge in [0.05, 0.1) is 6.54 Å². The first-order valence-electron chi connectivity index (χ1n) is 13.6. The summed E-state index contributed by atoms with van der Waals surface area (Å²) in [6.07, 6.45) is -0.403. The first kappa shape index (κ1) is 33.0. The maximum atomic E-state index is 13.5. The van der Waals surface area contributed by atoms with Crippen molar-refractivity contribution < 1.29 is 38.4 Å². The minimum absolute atomic E-state index is 0.0543. The van der Waals surface area contributed by atoms with Crippen molar-refractivity contribution in [2.75, 3.05) is 45.8 Å². The Bertz CT molecular complexity index is 1030. The topological polar surface area (TPSA) is 233 Å². The first-order chi connectivity index (χ1) is 19.4. The molecule has 0 aliphatic carbocycles. The van der Waals surface area contributed by atoms with Crippen molar-refractivity contribution in [1.82, 2.24) is 42.5 Å². The highest BCUT2D eigenvalue weighted by Crippen LogP contribution is 2.18. The van der Waals surface area contributed by atoms with Gasteiger partial charge in [-0.05, 0) is 12.3 Å². The summed E-state index contributed by atoms with van der Waals surface area (Å²) >= 11 is 0. The molecule has 16 heteroatoms. The summed E-state index contributed by atoms with van der Waals surface area (Å²) in [5.74, 6) is -4.77. The molecule has 2 fully saturated rings. The number of amides is 8. The largest absolute Gasteiger partial charge is 0.355 e. The molecule has 2 unspecified atom stereocenters. The molecule has 0 bridgehead atoms. The Morgan fingerprint density at radius 3 is 1.59 bits per heavy atom. The standard InChI is InChI=1S/C25H40N8O8/c1-15(2)11-16-22(39)27-8-4-19(36)32-14-25(24(41)29-10-6-20(37)33-16)13-31-18(35)3-7-26-21(38)12-30-17(34)5-9-28-23(25)40/h15-16H,3-14H2,1-2H3,(H,26,38)(H,27,39)(H,28,40)(H,29,41)(H,30,34)(H,31,35)(H,32,36)(H,33,37). The number of hydrogen-bond donors (Lipinski definition) is 8. The highest BCUT2D eigenvalue weighted by atomic mass is 16.2. The van der Waals surface area contributed by atoms with Crippen LogP contribution in [-0.2, 0) is 38.4 Å². The normalized spacial score (nSPS) is 25.4. The molecule has 0 radical (unpaired) electrons. The van der Waals surface area contributed by atoms with E-state index in [4.69, 9.17) is 0 Å². The summed E-state index contributed by atoms with van der Waals surface area (Å²) in [5.41, 5.74) is -2.05. The molecule has 0 aromatic rings. The van der Waals surface area contributed by atoms with Gasteiger partial charge in [-0.25, -0.2) is 0 Å². The molecule has 0 saturated carbocycles. The molecule has 8 N–H and O–H groups in total. The van der Waals surface area contributed by atoms with Gasteiger partial charge in [0.15, 0.2) is 5.41 Å². The fourth-order valence-corrected chi connectivity index (χ4v) is 4.12. The lowest BCUT2D eigenvalue weighted by Crippen LogP contribution is -2.62. The van der Waals surface area contributed by atoms with Gasteiger partial charge in [-0.2, -0.15) is 0 Å². The Hall–Kier alpha value is -4.24. The van der Waals surface area contributed by atoms with E-state index >= 15 is 0 Å². The zero-order valence-electron chi connectivity index (χ0n) is 23.4. The van der Waals surface area contributed by atoms with Gasteiger partial charge in [0.25, 0.3) is 0 Å². The molecule has 2 heterocycles. The highest BCUT2D eigenvalue weighted by Gasteiger charge is 2.46. The summed E-state index contributed by atoms with van der Waals surface area (Å²) in [6, 6.07) is -0.829. The molecule has 2 aliphatic rings. The molecule has 2 saturated heterocycles. The summed E-state index contributed by atoms with van der Waals surface area (Å²) in [6.45, 7) is 1.91. The van der Waals surface area contributed by atoms with Gasteiger partial charge in [-0.3, -0.25) is 38.4 Å². The van der Waals surface area contributed by atoms with Crippen molar-refractivity contribution in [3.63, 3.8) is 0 Å². The first-order valence-corrected chi connectivity index (χ1v) is 13.6. The fourth-order valence-electron chi connectivity index (χ4n) is 4.12. The van der Waals surface area contributed by atoms with E-state index in [1.807, 2.05) is 13.8 Å². The smallest absolute Gasteiger partial charge is 0.242 e. The van der Waals surface area contributed by atoms with Gasteiger partial charge in [-0.1, -0.05) is 13.8 Å². The minimum Gasteiger partial charge on any atom is -0.355 e.